The Morgan fingerprint density at radius 2 is 1.62 bits per heavy atom. The highest BCUT2D eigenvalue weighted by Gasteiger charge is 2.15. The van der Waals surface area contributed by atoms with Gasteiger partial charge in [0.2, 0.25) is 0 Å². The molecule has 5 aromatic rings. The van der Waals surface area contributed by atoms with E-state index in [4.69, 9.17) is 13.6 Å². The van der Waals surface area contributed by atoms with Crippen LogP contribution < -0.4 is 15.4 Å². The number of carbonyl (C=O) groups excluding carboxylic acids is 2. The number of anilines is 2. The predicted octanol–water partition coefficient (Wildman–Crippen LogP) is 5.69. The molecule has 158 valence electrons. The Morgan fingerprint density at radius 3 is 2.38 bits per heavy atom. The van der Waals surface area contributed by atoms with Gasteiger partial charge in [0.1, 0.15) is 16.9 Å². The Balaban J connectivity index is 1.37. The van der Waals surface area contributed by atoms with Gasteiger partial charge in [0.05, 0.1) is 19.1 Å². The average molecular weight is 426 g/mol. The van der Waals surface area contributed by atoms with Gasteiger partial charge in [-0.1, -0.05) is 18.2 Å². The fourth-order valence-corrected chi connectivity index (χ4v) is 3.52. The lowest BCUT2D eigenvalue weighted by Crippen LogP contribution is -2.13. The van der Waals surface area contributed by atoms with Crippen molar-refractivity contribution in [3.05, 3.63) is 90.4 Å². The molecule has 0 radical (unpaired) electrons. The van der Waals surface area contributed by atoms with E-state index >= 15 is 0 Å². The minimum absolute atomic E-state index is 0.208. The predicted molar refractivity (Wildman–Crippen MR) is 121 cm³/mol. The van der Waals surface area contributed by atoms with Crippen LogP contribution in [0.2, 0.25) is 0 Å². The molecule has 0 saturated carbocycles. The largest absolute Gasteiger partial charge is 0.495 e. The maximum absolute atomic E-state index is 12.8. The molecule has 5 rings (SSSR count). The minimum atomic E-state index is -0.365. The maximum atomic E-state index is 12.8. The lowest BCUT2D eigenvalue weighted by atomic mass is 10.1. The number of methoxy groups -OCH3 is 1. The van der Waals surface area contributed by atoms with Crippen molar-refractivity contribution in [3.8, 4) is 5.75 Å². The summed E-state index contributed by atoms with van der Waals surface area (Å²) in [5, 5.41) is 7.47. The molecule has 0 aliphatic heterocycles. The van der Waals surface area contributed by atoms with Crippen molar-refractivity contribution < 1.29 is 23.2 Å². The number of hydrogen-bond acceptors (Lipinski definition) is 5. The van der Waals surface area contributed by atoms with E-state index in [1.165, 1.54) is 6.26 Å². The second kappa shape index (κ2) is 7.96. The van der Waals surface area contributed by atoms with E-state index in [2.05, 4.69) is 10.6 Å². The first kappa shape index (κ1) is 19.4. The van der Waals surface area contributed by atoms with Crippen LogP contribution in [0, 0.1) is 0 Å². The molecule has 0 spiro atoms. The summed E-state index contributed by atoms with van der Waals surface area (Å²) in [6.07, 6.45) is 1.43. The van der Waals surface area contributed by atoms with Gasteiger partial charge >= 0.3 is 0 Å². The Bertz CT molecular complexity index is 1430. The fraction of sp³-hybridized carbons (Fsp3) is 0.0400. The normalized spacial score (nSPS) is 10.9. The van der Waals surface area contributed by atoms with Gasteiger partial charge in [0, 0.05) is 28.1 Å². The molecule has 0 unspecified atom stereocenters. The van der Waals surface area contributed by atoms with E-state index in [0.29, 0.717) is 28.3 Å². The van der Waals surface area contributed by atoms with Gasteiger partial charge in [-0.2, -0.15) is 0 Å². The first-order chi connectivity index (χ1) is 15.6. The van der Waals surface area contributed by atoms with Crippen LogP contribution in [0.5, 0.6) is 5.75 Å². The number of nitrogens with one attached hydrogen (secondary N) is 2. The van der Waals surface area contributed by atoms with E-state index in [9.17, 15) is 9.59 Å². The smallest absolute Gasteiger partial charge is 0.291 e. The van der Waals surface area contributed by atoms with Crippen molar-refractivity contribution in [3.63, 3.8) is 0 Å². The molecular weight excluding hydrogens is 408 g/mol. The summed E-state index contributed by atoms with van der Waals surface area (Å²) in [6.45, 7) is 0. The highest BCUT2D eigenvalue weighted by Crippen LogP contribution is 2.36. The molecule has 0 saturated heterocycles. The van der Waals surface area contributed by atoms with Crippen LogP contribution >= 0.6 is 0 Å². The molecular formula is C25H18N2O5. The van der Waals surface area contributed by atoms with Gasteiger partial charge in [-0.3, -0.25) is 9.59 Å². The number of rotatable bonds is 5. The molecule has 7 nitrogen and oxygen atoms in total. The molecule has 32 heavy (non-hydrogen) atoms. The van der Waals surface area contributed by atoms with Gasteiger partial charge in [-0.15, -0.1) is 0 Å². The minimum Gasteiger partial charge on any atom is -0.495 e. The lowest BCUT2D eigenvalue weighted by Gasteiger charge is -2.11. The van der Waals surface area contributed by atoms with Crippen LogP contribution in [-0.2, 0) is 0 Å². The van der Waals surface area contributed by atoms with Crippen molar-refractivity contribution in [1.29, 1.82) is 0 Å². The number of benzene rings is 3. The Labute approximate surface area is 182 Å². The standard InChI is InChI=1S/C25H18N2O5/c1-30-23-13-18-17-5-2-3-6-20(17)32-22(18)14-19(23)27-24(28)15-8-10-16(11-9-15)26-25(29)21-7-4-12-31-21/h2-14H,1H3,(H,26,29)(H,27,28). The van der Waals surface area contributed by atoms with E-state index in [0.717, 1.165) is 16.4 Å². The van der Waals surface area contributed by atoms with Crippen molar-refractivity contribution in [2.75, 3.05) is 17.7 Å². The second-order valence-corrected chi connectivity index (χ2v) is 7.11. The summed E-state index contributed by atoms with van der Waals surface area (Å²) in [7, 11) is 1.55. The summed E-state index contributed by atoms with van der Waals surface area (Å²) < 4.78 is 16.5. The van der Waals surface area contributed by atoms with E-state index < -0.39 is 0 Å². The zero-order valence-corrected chi connectivity index (χ0v) is 17.0. The topological polar surface area (TPSA) is 93.7 Å². The Hall–Kier alpha value is -4.52. The van der Waals surface area contributed by atoms with E-state index in [1.54, 1.807) is 49.6 Å². The number of ether oxygens (including phenoxy) is 1. The molecule has 0 atom stereocenters. The van der Waals surface area contributed by atoms with E-state index in [1.807, 2.05) is 30.3 Å². The summed E-state index contributed by atoms with van der Waals surface area (Å²) in [4.78, 5) is 24.9. The third-order valence-electron chi connectivity index (χ3n) is 5.10. The average Bonchev–Trinajstić information content (AvgIpc) is 3.47. The number of fused-ring (bicyclic) bond motifs is 3. The molecule has 2 aromatic heterocycles. The molecule has 2 amide bonds. The van der Waals surface area contributed by atoms with Gasteiger partial charge in [0.15, 0.2) is 5.76 Å². The van der Waals surface area contributed by atoms with Crippen molar-refractivity contribution >= 4 is 45.1 Å². The van der Waals surface area contributed by atoms with Gasteiger partial charge < -0.3 is 24.2 Å². The summed E-state index contributed by atoms with van der Waals surface area (Å²) in [6, 6.07) is 21.1. The zero-order valence-electron chi connectivity index (χ0n) is 17.0. The molecule has 2 N–H and O–H groups in total. The van der Waals surface area contributed by atoms with Gasteiger partial charge in [0.25, 0.3) is 11.8 Å². The Kier molecular flexibility index (Phi) is 4.84. The van der Waals surface area contributed by atoms with Gasteiger partial charge in [-0.25, -0.2) is 0 Å². The van der Waals surface area contributed by atoms with Crippen LogP contribution in [0.1, 0.15) is 20.9 Å². The quantitative estimate of drug-likeness (QED) is 0.376. The third kappa shape index (κ3) is 3.56. The SMILES string of the molecule is COc1cc2c(cc1NC(=O)c1ccc(NC(=O)c3ccco3)cc1)oc1ccccc12. The third-order valence-corrected chi connectivity index (χ3v) is 5.10. The lowest BCUT2D eigenvalue weighted by molar-refractivity contribution is 0.0995. The van der Waals surface area contributed by atoms with Crippen molar-refractivity contribution in [2.24, 2.45) is 0 Å². The highest BCUT2D eigenvalue weighted by molar-refractivity contribution is 6.10. The van der Waals surface area contributed by atoms with Crippen LogP contribution in [0.25, 0.3) is 21.9 Å². The monoisotopic (exact) mass is 426 g/mol. The number of furan rings is 2. The first-order valence-electron chi connectivity index (χ1n) is 9.88. The molecule has 0 fully saturated rings. The zero-order chi connectivity index (χ0) is 22.1. The summed E-state index contributed by atoms with van der Waals surface area (Å²) >= 11 is 0. The van der Waals surface area contributed by atoms with Gasteiger partial charge in [-0.05, 0) is 48.5 Å². The molecule has 0 aliphatic rings. The molecule has 2 heterocycles. The number of para-hydroxylation sites is 1. The summed E-state index contributed by atoms with van der Waals surface area (Å²) in [5.41, 5.74) is 2.88. The van der Waals surface area contributed by atoms with Crippen LogP contribution in [-0.4, -0.2) is 18.9 Å². The van der Waals surface area contributed by atoms with Crippen LogP contribution in [0.15, 0.2) is 87.9 Å². The van der Waals surface area contributed by atoms with E-state index in [-0.39, 0.29) is 17.6 Å². The fourth-order valence-electron chi connectivity index (χ4n) is 3.52. The first-order valence-corrected chi connectivity index (χ1v) is 9.88. The number of hydrogen-bond donors (Lipinski definition) is 2. The van der Waals surface area contributed by atoms with Crippen molar-refractivity contribution in [2.45, 2.75) is 0 Å². The number of amides is 2. The van der Waals surface area contributed by atoms with Crippen LogP contribution in [0.3, 0.4) is 0 Å². The molecule has 3 aromatic carbocycles. The Morgan fingerprint density at radius 1 is 0.812 bits per heavy atom. The molecule has 0 aliphatic carbocycles. The highest BCUT2D eigenvalue weighted by atomic mass is 16.5. The molecule has 0 bridgehead atoms. The van der Waals surface area contributed by atoms with Crippen LogP contribution in [0.4, 0.5) is 11.4 Å². The van der Waals surface area contributed by atoms with Crippen molar-refractivity contribution in [1.82, 2.24) is 0 Å². The summed E-state index contributed by atoms with van der Waals surface area (Å²) in [5.74, 6) is 0.0541. The number of carbonyl (C=O) groups is 2. The molecule has 7 heteroatoms. The second-order valence-electron chi connectivity index (χ2n) is 7.11. The maximum Gasteiger partial charge on any atom is 0.291 e.